The number of fused-ring (bicyclic) bond motifs is 1. The zero-order valence-corrected chi connectivity index (χ0v) is 18.9. The lowest BCUT2D eigenvalue weighted by atomic mass is 9.93. The zero-order chi connectivity index (χ0) is 21.4. The maximum atomic E-state index is 13.5. The summed E-state index contributed by atoms with van der Waals surface area (Å²) in [6.07, 6.45) is 4.32. The molecule has 1 aliphatic heterocycles. The highest BCUT2D eigenvalue weighted by molar-refractivity contribution is 7.89. The van der Waals surface area contributed by atoms with E-state index in [2.05, 4.69) is 23.1 Å². The molecule has 162 valence electrons. The molecular formula is C26H30N2O2S. The molecular weight excluding hydrogens is 404 g/mol. The Kier molecular flexibility index (Phi) is 5.59. The van der Waals surface area contributed by atoms with E-state index < -0.39 is 10.0 Å². The Morgan fingerprint density at radius 2 is 1.71 bits per heavy atom. The second-order valence-corrected chi connectivity index (χ2v) is 10.6. The largest absolute Gasteiger partial charge is 0.296 e. The Morgan fingerprint density at radius 3 is 2.55 bits per heavy atom. The minimum Gasteiger partial charge on any atom is -0.296 e. The molecule has 31 heavy (non-hydrogen) atoms. The van der Waals surface area contributed by atoms with Crippen LogP contribution in [0.5, 0.6) is 0 Å². The average Bonchev–Trinajstić information content (AvgIpc) is 3.23. The highest BCUT2D eigenvalue weighted by Crippen LogP contribution is 2.41. The molecule has 0 saturated heterocycles. The molecule has 3 aromatic rings. The van der Waals surface area contributed by atoms with Gasteiger partial charge in [-0.15, -0.1) is 0 Å². The second kappa shape index (κ2) is 8.38. The van der Waals surface area contributed by atoms with Gasteiger partial charge in [-0.2, -0.15) is 4.31 Å². The lowest BCUT2D eigenvalue weighted by Crippen LogP contribution is -2.38. The van der Waals surface area contributed by atoms with E-state index in [0.717, 1.165) is 36.7 Å². The fraction of sp³-hybridized carbons (Fsp3) is 0.385. The molecule has 0 aromatic heterocycles. The standard InChI is InChI=1S/C26H30N2O2S/c1-2-28(31(29,30)25-13-6-9-20-8-3-4-12-23(20)25)18-7-17-27-19-16-22-11-5-10-21-14-15-24(27)26(21)22/h3-6,8-13,24H,2,7,14-19H2,1H3. The van der Waals surface area contributed by atoms with Crippen molar-refractivity contribution in [3.8, 4) is 0 Å². The summed E-state index contributed by atoms with van der Waals surface area (Å²) in [4.78, 5) is 3.00. The van der Waals surface area contributed by atoms with Crippen LogP contribution in [0.2, 0.25) is 0 Å². The average molecular weight is 435 g/mol. The van der Waals surface area contributed by atoms with E-state index in [1.807, 2.05) is 43.3 Å². The number of hydrogen-bond donors (Lipinski definition) is 0. The second-order valence-electron chi connectivity index (χ2n) is 8.66. The van der Waals surface area contributed by atoms with Crippen LogP contribution in [-0.2, 0) is 22.9 Å². The van der Waals surface area contributed by atoms with Crippen LogP contribution in [0, 0.1) is 0 Å². The number of benzene rings is 3. The van der Waals surface area contributed by atoms with Gasteiger partial charge >= 0.3 is 0 Å². The van der Waals surface area contributed by atoms with Gasteiger partial charge in [0.15, 0.2) is 0 Å². The van der Waals surface area contributed by atoms with Crippen LogP contribution in [0.3, 0.4) is 0 Å². The van der Waals surface area contributed by atoms with Gasteiger partial charge < -0.3 is 0 Å². The lowest BCUT2D eigenvalue weighted by molar-refractivity contribution is 0.179. The summed E-state index contributed by atoms with van der Waals surface area (Å²) in [5.74, 6) is 0. The summed E-state index contributed by atoms with van der Waals surface area (Å²) in [5.41, 5.74) is 4.59. The molecule has 1 aliphatic carbocycles. The molecule has 5 rings (SSSR count). The van der Waals surface area contributed by atoms with Crippen molar-refractivity contribution in [2.45, 2.75) is 43.5 Å². The Labute approximate surface area is 185 Å². The van der Waals surface area contributed by atoms with Gasteiger partial charge in [0.1, 0.15) is 0 Å². The summed E-state index contributed by atoms with van der Waals surface area (Å²) in [7, 11) is -3.52. The smallest absolute Gasteiger partial charge is 0.243 e. The van der Waals surface area contributed by atoms with Crippen LogP contribution in [0.4, 0.5) is 0 Å². The Bertz CT molecular complexity index is 1200. The maximum Gasteiger partial charge on any atom is 0.243 e. The third-order valence-electron chi connectivity index (χ3n) is 6.99. The van der Waals surface area contributed by atoms with E-state index in [0.29, 0.717) is 24.0 Å². The highest BCUT2D eigenvalue weighted by atomic mass is 32.2. The molecule has 0 saturated carbocycles. The van der Waals surface area contributed by atoms with Crippen LogP contribution < -0.4 is 0 Å². The normalized spacial score (nSPS) is 18.6. The summed E-state index contributed by atoms with van der Waals surface area (Å²) in [6, 6.07) is 20.5. The summed E-state index contributed by atoms with van der Waals surface area (Å²) in [5, 5.41) is 1.76. The van der Waals surface area contributed by atoms with Crippen molar-refractivity contribution in [3.05, 3.63) is 77.4 Å². The Hall–Kier alpha value is -2.21. The first kappa shape index (κ1) is 20.7. The highest BCUT2D eigenvalue weighted by Gasteiger charge is 2.33. The van der Waals surface area contributed by atoms with Gasteiger partial charge in [-0.25, -0.2) is 8.42 Å². The van der Waals surface area contributed by atoms with Gasteiger partial charge in [0, 0.05) is 37.6 Å². The van der Waals surface area contributed by atoms with Gasteiger partial charge in [0.05, 0.1) is 4.90 Å². The molecule has 1 unspecified atom stereocenters. The fourth-order valence-corrected chi connectivity index (χ4v) is 7.18. The molecule has 1 heterocycles. The number of nitrogens with zero attached hydrogens (tertiary/aromatic N) is 2. The van der Waals surface area contributed by atoms with Crippen molar-refractivity contribution in [3.63, 3.8) is 0 Å². The van der Waals surface area contributed by atoms with Crippen LogP contribution >= 0.6 is 0 Å². The first-order chi connectivity index (χ1) is 15.1. The first-order valence-corrected chi connectivity index (χ1v) is 12.9. The molecule has 0 amide bonds. The molecule has 0 bridgehead atoms. The zero-order valence-electron chi connectivity index (χ0n) is 18.1. The van der Waals surface area contributed by atoms with E-state index in [1.54, 1.807) is 15.9 Å². The number of hydrogen-bond acceptors (Lipinski definition) is 3. The van der Waals surface area contributed by atoms with Gasteiger partial charge in [-0.3, -0.25) is 4.90 Å². The molecule has 2 aliphatic rings. The Balaban J connectivity index is 1.30. The van der Waals surface area contributed by atoms with Crippen molar-refractivity contribution in [2.24, 2.45) is 0 Å². The summed E-state index contributed by atoms with van der Waals surface area (Å²) < 4.78 is 28.6. The monoisotopic (exact) mass is 434 g/mol. The number of sulfonamides is 1. The van der Waals surface area contributed by atoms with Crippen molar-refractivity contribution >= 4 is 20.8 Å². The third-order valence-corrected chi connectivity index (χ3v) is 9.02. The Morgan fingerprint density at radius 1 is 0.968 bits per heavy atom. The van der Waals surface area contributed by atoms with E-state index in [-0.39, 0.29) is 0 Å². The maximum absolute atomic E-state index is 13.5. The van der Waals surface area contributed by atoms with Crippen LogP contribution in [0.25, 0.3) is 10.8 Å². The molecule has 0 fully saturated rings. The van der Waals surface area contributed by atoms with E-state index >= 15 is 0 Å². The minimum atomic E-state index is -3.52. The molecule has 0 radical (unpaired) electrons. The van der Waals surface area contributed by atoms with Gasteiger partial charge in [0.25, 0.3) is 0 Å². The topological polar surface area (TPSA) is 40.6 Å². The number of aryl methyl sites for hydroxylation is 1. The van der Waals surface area contributed by atoms with Crippen molar-refractivity contribution in [1.82, 2.24) is 9.21 Å². The van der Waals surface area contributed by atoms with Gasteiger partial charge in [0.2, 0.25) is 10.0 Å². The quantitative estimate of drug-likeness (QED) is 0.537. The van der Waals surface area contributed by atoms with Crippen molar-refractivity contribution in [2.75, 3.05) is 26.2 Å². The SMILES string of the molecule is CCN(CCCN1CCc2cccc3c2C1CC3)S(=O)(=O)c1cccc2ccccc12. The fourth-order valence-electron chi connectivity index (χ4n) is 5.48. The predicted molar refractivity (Wildman–Crippen MR) is 126 cm³/mol. The third kappa shape index (κ3) is 3.69. The van der Waals surface area contributed by atoms with E-state index in [9.17, 15) is 8.42 Å². The van der Waals surface area contributed by atoms with Crippen LogP contribution in [0.1, 0.15) is 42.5 Å². The summed E-state index contributed by atoms with van der Waals surface area (Å²) >= 11 is 0. The van der Waals surface area contributed by atoms with Gasteiger partial charge in [-0.05, 0) is 53.8 Å². The van der Waals surface area contributed by atoms with E-state index in [4.69, 9.17) is 0 Å². The van der Waals surface area contributed by atoms with E-state index in [1.165, 1.54) is 24.0 Å². The lowest BCUT2D eigenvalue weighted by Gasteiger charge is -2.35. The summed E-state index contributed by atoms with van der Waals surface area (Å²) in [6.45, 7) is 4.99. The molecule has 0 N–H and O–H groups in total. The molecule has 0 spiro atoms. The molecule has 1 atom stereocenters. The predicted octanol–water partition coefficient (Wildman–Crippen LogP) is 4.79. The minimum absolute atomic E-state index is 0.416. The van der Waals surface area contributed by atoms with Crippen molar-refractivity contribution in [1.29, 1.82) is 0 Å². The molecule has 5 heteroatoms. The number of rotatable bonds is 7. The van der Waals surface area contributed by atoms with Gasteiger partial charge in [-0.1, -0.05) is 61.5 Å². The first-order valence-electron chi connectivity index (χ1n) is 11.4. The molecule has 3 aromatic carbocycles. The van der Waals surface area contributed by atoms with Crippen LogP contribution in [0.15, 0.2) is 65.6 Å². The van der Waals surface area contributed by atoms with Crippen molar-refractivity contribution < 1.29 is 8.42 Å². The molecule has 4 nitrogen and oxygen atoms in total. The van der Waals surface area contributed by atoms with Crippen LogP contribution in [-0.4, -0.2) is 43.8 Å².